The summed E-state index contributed by atoms with van der Waals surface area (Å²) >= 11 is 5.74. The third-order valence-electron chi connectivity index (χ3n) is 2.84. The van der Waals surface area contributed by atoms with Gasteiger partial charge in [-0.2, -0.15) is 0 Å². The lowest BCUT2D eigenvalue weighted by Crippen LogP contribution is -2.08. The summed E-state index contributed by atoms with van der Waals surface area (Å²) in [5.41, 5.74) is 0.403. The third kappa shape index (κ3) is 1.43. The molecule has 0 saturated heterocycles. The monoisotopic (exact) mass is 236 g/mol. The number of fused-ring (bicyclic) bond motifs is 1. The Labute approximate surface area is 96.3 Å². The molecular weight excluding hydrogens is 229 g/mol. The molecule has 16 heavy (non-hydrogen) atoms. The average Bonchev–Trinajstić information content (AvgIpc) is 3.05. The highest BCUT2D eigenvalue weighted by molar-refractivity contribution is 6.31. The molecule has 2 nitrogen and oxygen atoms in total. The summed E-state index contributed by atoms with van der Waals surface area (Å²) < 4.78 is 15.2. The number of hydrogen-bond acceptors (Lipinski definition) is 1. The lowest BCUT2D eigenvalue weighted by molar-refractivity contribution is 0.629. The predicted molar refractivity (Wildman–Crippen MR) is 60.3 cm³/mol. The number of pyridine rings is 1. The first-order chi connectivity index (χ1) is 7.66. The standard InChI is InChI=1S/C12H8ClFNO/c13-9-6-11-8(5-10(9)14)12(16)3-4-15(11)7-1-2-7/h4-7H,1-2H2. The van der Waals surface area contributed by atoms with Crippen molar-refractivity contribution < 1.29 is 4.39 Å². The van der Waals surface area contributed by atoms with Gasteiger partial charge in [0.25, 0.3) is 0 Å². The fraction of sp³-hybridized carbons (Fsp3) is 0.250. The van der Waals surface area contributed by atoms with Crippen LogP contribution in [0.2, 0.25) is 5.02 Å². The third-order valence-corrected chi connectivity index (χ3v) is 3.13. The average molecular weight is 237 g/mol. The van der Waals surface area contributed by atoms with Gasteiger partial charge >= 0.3 is 0 Å². The van der Waals surface area contributed by atoms with Gasteiger partial charge in [0.1, 0.15) is 5.82 Å². The molecule has 1 aromatic carbocycles. The molecule has 1 saturated carbocycles. The molecule has 3 rings (SSSR count). The van der Waals surface area contributed by atoms with Gasteiger partial charge in [-0.25, -0.2) is 4.39 Å². The smallest absolute Gasteiger partial charge is 0.197 e. The van der Waals surface area contributed by atoms with Crippen molar-refractivity contribution in [2.75, 3.05) is 0 Å². The molecular formula is C12H8ClFNO. The minimum atomic E-state index is -0.562. The van der Waals surface area contributed by atoms with Crippen LogP contribution in [0.25, 0.3) is 10.9 Å². The van der Waals surface area contributed by atoms with Gasteiger partial charge in [-0.3, -0.25) is 4.79 Å². The lowest BCUT2D eigenvalue weighted by Gasteiger charge is -2.09. The number of hydrogen-bond donors (Lipinski definition) is 0. The Morgan fingerprint density at radius 2 is 2.19 bits per heavy atom. The fourth-order valence-corrected chi connectivity index (χ4v) is 2.02. The van der Waals surface area contributed by atoms with Crippen molar-refractivity contribution in [3.63, 3.8) is 0 Å². The molecule has 1 radical (unpaired) electrons. The van der Waals surface area contributed by atoms with Crippen molar-refractivity contribution in [2.45, 2.75) is 18.9 Å². The molecule has 0 atom stereocenters. The van der Waals surface area contributed by atoms with Gasteiger partial charge in [0.05, 0.1) is 16.6 Å². The second kappa shape index (κ2) is 3.32. The van der Waals surface area contributed by atoms with E-state index >= 15 is 0 Å². The zero-order chi connectivity index (χ0) is 11.3. The molecule has 1 aromatic heterocycles. The van der Waals surface area contributed by atoms with Crippen LogP contribution in [0.3, 0.4) is 0 Å². The molecule has 81 valence electrons. The van der Waals surface area contributed by atoms with Gasteiger partial charge in [-0.1, -0.05) is 11.6 Å². The van der Waals surface area contributed by atoms with Crippen LogP contribution in [0.15, 0.2) is 23.1 Å². The number of benzene rings is 1. The van der Waals surface area contributed by atoms with Gasteiger partial charge < -0.3 is 4.57 Å². The SMILES string of the molecule is O=c1[c]cn(C2CC2)c2cc(Cl)c(F)cc12. The first kappa shape index (κ1) is 9.85. The van der Waals surface area contributed by atoms with E-state index in [0.717, 1.165) is 12.8 Å². The summed E-state index contributed by atoms with van der Waals surface area (Å²) in [6, 6.07) is 5.72. The van der Waals surface area contributed by atoms with E-state index in [4.69, 9.17) is 11.6 Å². The second-order valence-electron chi connectivity index (χ2n) is 4.02. The van der Waals surface area contributed by atoms with Gasteiger partial charge in [0.2, 0.25) is 0 Å². The maximum absolute atomic E-state index is 13.3. The minimum Gasteiger partial charge on any atom is -0.344 e. The van der Waals surface area contributed by atoms with Crippen molar-refractivity contribution >= 4 is 22.5 Å². The molecule has 2 aromatic rings. The summed E-state index contributed by atoms with van der Waals surface area (Å²) in [6.45, 7) is 0. The summed E-state index contributed by atoms with van der Waals surface area (Å²) in [7, 11) is 0. The van der Waals surface area contributed by atoms with Crippen molar-refractivity contribution in [2.24, 2.45) is 0 Å². The second-order valence-corrected chi connectivity index (χ2v) is 4.43. The highest BCUT2D eigenvalue weighted by Crippen LogP contribution is 2.37. The largest absolute Gasteiger partial charge is 0.344 e. The molecule has 0 N–H and O–H groups in total. The van der Waals surface area contributed by atoms with Crippen LogP contribution in [-0.4, -0.2) is 4.57 Å². The van der Waals surface area contributed by atoms with Crippen LogP contribution in [-0.2, 0) is 0 Å². The highest BCUT2D eigenvalue weighted by Gasteiger charge is 2.24. The van der Waals surface area contributed by atoms with Crippen molar-refractivity contribution in [1.29, 1.82) is 0 Å². The predicted octanol–water partition coefficient (Wildman–Crippen LogP) is 2.93. The molecule has 0 amide bonds. The van der Waals surface area contributed by atoms with Crippen LogP contribution in [0.4, 0.5) is 4.39 Å². The highest BCUT2D eigenvalue weighted by atomic mass is 35.5. The Kier molecular flexibility index (Phi) is 2.04. The number of halogens is 2. The molecule has 1 aliphatic rings. The molecule has 1 fully saturated rings. The molecule has 0 aliphatic heterocycles. The summed E-state index contributed by atoms with van der Waals surface area (Å²) in [5.74, 6) is -0.562. The van der Waals surface area contributed by atoms with Crippen molar-refractivity contribution in [3.8, 4) is 0 Å². The van der Waals surface area contributed by atoms with Crippen LogP contribution in [0, 0.1) is 11.9 Å². The van der Waals surface area contributed by atoms with E-state index in [0.29, 0.717) is 16.9 Å². The Morgan fingerprint density at radius 1 is 1.44 bits per heavy atom. The zero-order valence-corrected chi connectivity index (χ0v) is 9.09. The van der Waals surface area contributed by atoms with Crippen molar-refractivity contribution in [1.82, 2.24) is 4.57 Å². The molecule has 1 aliphatic carbocycles. The van der Waals surface area contributed by atoms with Gasteiger partial charge in [-0.05, 0) is 25.0 Å². The van der Waals surface area contributed by atoms with E-state index in [9.17, 15) is 9.18 Å². The van der Waals surface area contributed by atoms with E-state index < -0.39 is 5.82 Å². The minimum absolute atomic E-state index is 0.0486. The van der Waals surface area contributed by atoms with Crippen molar-refractivity contribution in [3.05, 3.63) is 45.5 Å². The first-order valence-corrected chi connectivity index (χ1v) is 5.46. The summed E-state index contributed by atoms with van der Waals surface area (Å²) in [5, 5.41) is 0.392. The van der Waals surface area contributed by atoms with E-state index in [1.54, 1.807) is 6.20 Å². The molecule has 0 unspecified atom stereocenters. The van der Waals surface area contributed by atoms with E-state index in [2.05, 4.69) is 6.07 Å². The molecule has 0 spiro atoms. The summed E-state index contributed by atoms with van der Waals surface area (Å²) in [4.78, 5) is 11.6. The molecule has 4 heteroatoms. The van der Waals surface area contributed by atoms with E-state index in [1.807, 2.05) is 4.57 Å². The van der Waals surface area contributed by atoms with E-state index in [1.165, 1.54) is 12.1 Å². The van der Waals surface area contributed by atoms with Crippen LogP contribution in [0.1, 0.15) is 18.9 Å². The Bertz CT molecular complexity index is 631. The van der Waals surface area contributed by atoms with Crippen LogP contribution in [0.5, 0.6) is 0 Å². The maximum Gasteiger partial charge on any atom is 0.197 e. The van der Waals surface area contributed by atoms with Gasteiger partial charge in [0, 0.05) is 17.6 Å². The number of aromatic nitrogens is 1. The van der Waals surface area contributed by atoms with Crippen LogP contribution < -0.4 is 5.43 Å². The molecule has 1 heterocycles. The van der Waals surface area contributed by atoms with Gasteiger partial charge in [-0.15, -0.1) is 0 Å². The topological polar surface area (TPSA) is 22.0 Å². The quantitative estimate of drug-likeness (QED) is 0.746. The van der Waals surface area contributed by atoms with Crippen LogP contribution >= 0.6 is 11.6 Å². The van der Waals surface area contributed by atoms with Gasteiger partial charge in [0.15, 0.2) is 5.43 Å². The number of rotatable bonds is 1. The Hall–Kier alpha value is -1.35. The Balaban J connectivity index is 2.42. The summed E-state index contributed by atoms with van der Waals surface area (Å²) in [6.07, 6.45) is 3.80. The van der Waals surface area contributed by atoms with E-state index in [-0.39, 0.29) is 10.5 Å². The normalized spacial score (nSPS) is 15.6. The molecule has 0 bridgehead atoms. The maximum atomic E-state index is 13.3. The Morgan fingerprint density at radius 3 is 2.88 bits per heavy atom. The number of nitrogens with zero attached hydrogens (tertiary/aromatic N) is 1. The first-order valence-electron chi connectivity index (χ1n) is 5.08. The lowest BCUT2D eigenvalue weighted by atomic mass is 10.2. The zero-order valence-electron chi connectivity index (χ0n) is 8.34. The fourth-order valence-electron chi connectivity index (χ4n) is 1.86.